The first-order valence-electron chi connectivity index (χ1n) is 1.80. The van der Waals surface area contributed by atoms with Crippen molar-refractivity contribution >= 4 is 108 Å². The van der Waals surface area contributed by atoms with E-state index < -0.39 is 11.4 Å². The standard InChI is InChI=1S/C2H5O2P.Al.3ClH.K.H/c1-2(3)4-5;;;;;;/h5H2,1H3;;3*1H;;/q;+3;;;;;/p-3. The Balaban J connectivity index is -0.0000000910. The number of halogens is 3. The van der Waals surface area contributed by atoms with E-state index in [1.165, 1.54) is 6.92 Å². The number of hydrogen-bond donors (Lipinski definition) is 0. The van der Waals surface area contributed by atoms with Gasteiger partial charge in [-0.15, -0.1) is 0 Å². The topological polar surface area (TPSA) is 26.3 Å². The van der Waals surface area contributed by atoms with Gasteiger partial charge in [0.15, 0.2) is 0 Å². The molecule has 0 aromatic heterocycles. The van der Waals surface area contributed by atoms with Gasteiger partial charge in [-0.2, -0.15) is 0 Å². The van der Waals surface area contributed by atoms with Gasteiger partial charge in [-0.25, -0.2) is 30.1 Å². The molecule has 0 saturated heterocycles. The Morgan fingerprint density at radius 3 is 1.60 bits per heavy atom. The van der Waals surface area contributed by atoms with Crippen LogP contribution in [0.4, 0.5) is 0 Å². The Kier molecular flexibility index (Phi) is 27.0. The zero-order chi connectivity index (χ0) is 7.86. The molecule has 0 amide bonds. The summed E-state index contributed by atoms with van der Waals surface area (Å²) < 4.78 is 4.03. The van der Waals surface area contributed by atoms with Crippen LogP contribution in [-0.2, 0) is 9.32 Å². The second-order valence-corrected chi connectivity index (χ2v) is 7.53. The number of hydrogen-bond acceptors (Lipinski definition) is 2. The van der Waals surface area contributed by atoms with E-state index in [-0.39, 0.29) is 57.4 Å². The van der Waals surface area contributed by atoms with E-state index in [4.69, 9.17) is 30.1 Å². The minimum atomic E-state index is -1.72. The van der Waals surface area contributed by atoms with E-state index in [9.17, 15) is 4.79 Å². The van der Waals surface area contributed by atoms with Crippen molar-refractivity contribution in [3.8, 4) is 0 Å². The third kappa shape index (κ3) is 44.3. The number of carbonyl (C=O) groups excluding carboxylic acids is 1. The molecule has 8 heteroatoms. The molecule has 10 heavy (non-hydrogen) atoms. The maximum absolute atomic E-state index is 9.57. The van der Waals surface area contributed by atoms with Gasteiger partial charge in [-0.3, -0.25) is 4.79 Å². The molecule has 1 unspecified atom stereocenters. The Bertz CT molecular complexity index is 82.1. The molecule has 1 atom stereocenters. The van der Waals surface area contributed by atoms with E-state index >= 15 is 0 Å². The fourth-order valence-electron chi connectivity index (χ4n) is 0. The van der Waals surface area contributed by atoms with Crippen LogP contribution in [0, 0.1) is 0 Å². The Hall–Kier alpha value is 2.94. The summed E-state index contributed by atoms with van der Waals surface area (Å²) in [5.74, 6) is -0.282. The fourth-order valence-corrected chi connectivity index (χ4v) is 0. The van der Waals surface area contributed by atoms with Gasteiger partial charge < -0.3 is 4.52 Å². The van der Waals surface area contributed by atoms with Crippen LogP contribution in [0.15, 0.2) is 0 Å². The maximum atomic E-state index is 9.57. The van der Waals surface area contributed by atoms with Crippen LogP contribution in [0.3, 0.4) is 0 Å². The molecule has 2 nitrogen and oxygen atoms in total. The van der Waals surface area contributed by atoms with Crippen molar-refractivity contribution < 1.29 is 9.32 Å². The van der Waals surface area contributed by atoms with Gasteiger partial charge in [0.2, 0.25) is 0 Å². The third-order valence-corrected chi connectivity index (χ3v) is 0.498. The first-order valence-corrected chi connectivity index (χ1v) is 7.51. The summed E-state index contributed by atoms with van der Waals surface area (Å²) in [4.78, 5) is 9.57. The van der Waals surface area contributed by atoms with Gasteiger partial charge in [0.1, 0.15) is 0 Å². The van der Waals surface area contributed by atoms with Gasteiger partial charge in [0, 0.05) is 6.92 Å². The van der Waals surface area contributed by atoms with Crippen LogP contribution in [-0.4, -0.2) is 68.7 Å². The van der Waals surface area contributed by atoms with Crippen LogP contribution >= 0.6 is 39.6 Å². The summed E-state index contributed by atoms with van der Waals surface area (Å²) in [5, 5.41) is 0. The van der Waals surface area contributed by atoms with Crippen molar-refractivity contribution in [2.24, 2.45) is 0 Å². The molecule has 0 aliphatic heterocycles. The summed E-state index contributed by atoms with van der Waals surface area (Å²) in [7, 11) is 16.7. The monoisotopic (exact) mass is 264 g/mol. The molecule has 0 saturated carbocycles. The van der Waals surface area contributed by atoms with Crippen molar-refractivity contribution in [2.45, 2.75) is 6.92 Å². The average molecular weight is 265 g/mol. The second kappa shape index (κ2) is 14.5. The SMILES string of the molecule is CC(=O)OP.[Cl][Al]([Cl])[Cl].[KH]. The van der Waals surface area contributed by atoms with Crippen molar-refractivity contribution in [2.75, 3.05) is 0 Å². The van der Waals surface area contributed by atoms with Gasteiger partial charge in [0.05, 0.1) is 9.47 Å². The summed E-state index contributed by atoms with van der Waals surface area (Å²) in [5.41, 5.74) is 0. The molecule has 0 aliphatic carbocycles. The van der Waals surface area contributed by atoms with Crippen molar-refractivity contribution in [3.63, 3.8) is 0 Å². The summed E-state index contributed by atoms with van der Waals surface area (Å²) in [6.45, 7) is 1.34. The van der Waals surface area contributed by atoms with Crippen LogP contribution in [0.1, 0.15) is 6.92 Å². The molecule has 0 fully saturated rings. The second-order valence-electron chi connectivity index (χ2n) is 0.857. The first-order chi connectivity index (χ1) is 4.00. The first kappa shape index (κ1) is 18.7. The van der Waals surface area contributed by atoms with Crippen molar-refractivity contribution in [3.05, 3.63) is 0 Å². The van der Waals surface area contributed by atoms with Crippen molar-refractivity contribution in [1.29, 1.82) is 0 Å². The Morgan fingerprint density at radius 2 is 1.60 bits per heavy atom. The normalized spacial score (nSPS) is 6.10. The Morgan fingerprint density at radius 1 is 1.50 bits per heavy atom. The molecule has 0 rings (SSSR count). The molecular weight excluding hydrogens is 259 g/mol. The molecule has 0 spiro atoms. The van der Waals surface area contributed by atoms with Crippen molar-refractivity contribution in [1.82, 2.24) is 0 Å². The third-order valence-electron chi connectivity index (χ3n) is 0.166. The predicted molar refractivity (Wildman–Crippen MR) is 51.9 cm³/mol. The Labute approximate surface area is 122 Å². The zero-order valence-electron chi connectivity index (χ0n) is 4.61. The molecular formula is C2H6AlCl3KO2P. The fraction of sp³-hybridized carbons (Fsp3) is 0.500. The van der Waals surface area contributed by atoms with Crippen LogP contribution in [0.25, 0.3) is 0 Å². The van der Waals surface area contributed by atoms with Gasteiger partial charge in [-0.1, -0.05) is 0 Å². The zero-order valence-corrected chi connectivity index (χ0v) is 9.18. The molecule has 0 N–H and O–H groups in total. The van der Waals surface area contributed by atoms with E-state index in [1.807, 2.05) is 9.47 Å². The van der Waals surface area contributed by atoms with Gasteiger partial charge in [0.25, 0.3) is 0 Å². The molecule has 0 aromatic carbocycles. The van der Waals surface area contributed by atoms with Gasteiger partial charge in [-0.05, 0) is 0 Å². The van der Waals surface area contributed by atoms with E-state index in [2.05, 4.69) is 4.52 Å². The molecule has 56 valence electrons. The number of rotatable bonds is 0. The quantitative estimate of drug-likeness (QED) is 0.489. The summed E-state index contributed by atoms with van der Waals surface area (Å²) in [6.07, 6.45) is 0. The van der Waals surface area contributed by atoms with E-state index in [0.717, 1.165) is 0 Å². The van der Waals surface area contributed by atoms with E-state index in [1.54, 1.807) is 0 Å². The molecule has 0 aliphatic rings. The van der Waals surface area contributed by atoms with Crippen LogP contribution in [0.2, 0.25) is 0 Å². The van der Waals surface area contributed by atoms with E-state index in [0.29, 0.717) is 0 Å². The predicted octanol–water partition coefficient (Wildman–Crippen LogP) is 1.38. The molecule has 0 radical (unpaired) electrons. The molecule has 0 aromatic rings. The summed E-state index contributed by atoms with van der Waals surface area (Å²) in [6, 6.07) is 0. The van der Waals surface area contributed by atoms with Gasteiger partial charge >= 0.3 is 68.7 Å². The minimum absolute atomic E-state index is 0. The molecule has 0 bridgehead atoms. The number of carbonyl (C=O) groups is 1. The summed E-state index contributed by atoms with van der Waals surface area (Å²) >= 11 is -1.72. The van der Waals surface area contributed by atoms with Crippen LogP contribution < -0.4 is 0 Å². The van der Waals surface area contributed by atoms with Crippen LogP contribution in [0.5, 0.6) is 0 Å². The molecule has 0 heterocycles. The average Bonchev–Trinajstić information content (AvgIpc) is 1.65.